The standard InChI is InChI=1S/C12H17BrO2/c1-9-5-6-11(14-9)12(2)7-3-4-10(8-13)15-12/h5-6,10H,3-4,7-8H2,1-2H3. The van der Waals surface area contributed by atoms with Gasteiger partial charge in [0.2, 0.25) is 0 Å². The van der Waals surface area contributed by atoms with Gasteiger partial charge in [-0.3, -0.25) is 0 Å². The predicted octanol–water partition coefficient (Wildman–Crippen LogP) is 3.77. The molecule has 1 fully saturated rings. The second-order valence-corrected chi connectivity index (χ2v) is 5.08. The molecule has 2 unspecified atom stereocenters. The van der Waals surface area contributed by atoms with Crippen LogP contribution in [0.15, 0.2) is 16.5 Å². The molecule has 1 aliphatic heterocycles. The number of ether oxygens (including phenoxy) is 1. The van der Waals surface area contributed by atoms with Gasteiger partial charge in [-0.1, -0.05) is 15.9 Å². The molecule has 0 bridgehead atoms. The molecule has 2 heterocycles. The molecule has 1 aromatic heterocycles. The third kappa shape index (κ3) is 2.28. The molecule has 0 spiro atoms. The summed E-state index contributed by atoms with van der Waals surface area (Å²) in [7, 11) is 0. The van der Waals surface area contributed by atoms with Crippen LogP contribution in [0.2, 0.25) is 0 Å². The molecular weight excluding hydrogens is 256 g/mol. The highest BCUT2D eigenvalue weighted by Gasteiger charge is 2.36. The van der Waals surface area contributed by atoms with Crippen LogP contribution in [0.25, 0.3) is 0 Å². The largest absolute Gasteiger partial charge is 0.463 e. The lowest BCUT2D eigenvalue weighted by Gasteiger charge is -2.36. The lowest BCUT2D eigenvalue weighted by atomic mass is 9.91. The Kier molecular flexibility index (Phi) is 3.21. The summed E-state index contributed by atoms with van der Waals surface area (Å²) in [5.41, 5.74) is -0.231. The number of furan rings is 1. The van der Waals surface area contributed by atoms with Crippen LogP contribution in [0.5, 0.6) is 0 Å². The molecule has 0 aliphatic carbocycles. The smallest absolute Gasteiger partial charge is 0.135 e. The van der Waals surface area contributed by atoms with Crippen LogP contribution in [0.3, 0.4) is 0 Å². The minimum Gasteiger partial charge on any atom is -0.463 e. The molecule has 2 atom stereocenters. The van der Waals surface area contributed by atoms with Crippen molar-refractivity contribution in [3.8, 4) is 0 Å². The van der Waals surface area contributed by atoms with Gasteiger partial charge in [0, 0.05) is 5.33 Å². The first kappa shape index (κ1) is 11.2. The monoisotopic (exact) mass is 272 g/mol. The van der Waals surface area contributed by atoms with E-state index in [1.54, 1.807) is 0 Å². The Balaban J connectivity index is 2.18. The molecule has 1 aromatic rings. The summed E-state index contributed by atoms with van der Waals surface area (Å²) < 4.78 is 11.8. The quantitative estimate of drug-likeness (QED) is 0.765. The Bertz CT molecular complexity index is 334. The molecule has 0 saturated carbocycles. The fourth-order valence-corrected chi connectivity index (χ4v) is 2.62. The van der Waals surface area contributed by atoms with Crippen LogP contribution in [0.1, 0.15) is 37.7 Å². The molecule has 15 heavy (non-hydrogen) atoms. The Morgan fingerprint density at radius 2 is 2.33 bits per heavy atom. The van der Waals surface area contributed by atoms with Gasteiger partial charge in [-0.25, -0.2) is 0 Å². The average molecular weight is 273 g/mol. The SMILES string of the molecule is Cc1ccc(C2(C)CCCC(CBr)O2)o1. The van der Waals surface area contributed by atoms with Gasteiger partial charge < -0.3 is 9.15 Å². The molecule has 3 heteroatoms. The number of halogens is 1. The van der Waals surface area contributed by atoms with Crippen molar-refractivity contribution in [1.29, 1.82) is 0 Å². The summed E-state index contributed by atoms with van der Waals surface area (Å²) in [6.07, 6.45) is 3.70. The van der Waals surface area contributed by atoms with E-state index in [1.807, 2.05) is 19.1 Å². The van der Waals surface area contributed by atoms with E-state index < -0.39 is 0 Å². The number of rotatable bonds is 2. The third-order valence-electron chi connectivity index (χ3n) is 3.04. The van der Waals surface area contributed by atoms with Crippen molar-refractivity contribution in [3.63, 3.8) is 0 Å². The van der Waals surface area contributed by atoms with Crippen molar-refractivity contribution in [3.05, 3.63) is 23.7 Å². The maximum Gasteiger partial charge on any atom is 0.135 e. The summed E-state index contributed by atoms with van der Waals surface area (Å²) in [5, 5.41) is 0.905. The fraction of sp³-hybridized carbons (Fsp3) is 0.667. The topological polar surface area (TPSA) is 22.4 Å². The van der Waals surface area contributed by atoms with E-state index in [0.29, 0.717) is 6.10 Å². The first-order valence-electron chi connectivity index (χ1n) is 5.45. The van der Waals surface area contributed by atoms with Gasteiger partial charge in [-0.15, -0.1) is 0 Å². The average Bonchev–Trinajstić information content (AvgIpc) is 2.65. The zero-order valence-corrected chi connectivity index (χ0v) is 10.8. The van der Waals surface area contributed by atoms with Crippen molar-refractivity contribution < 1.29 is 9.15 Å². The van der Waals surface area contributed by atoms with Gasteiger partial charge in [-0.2, -0.15) is 0 Å². The highest BCUT2D eigenvalue weighted by atomic mass is 79.9. The first-order chi connectivity index (χ1) is 7.14. The van der Waals surface area contributed by atoms with Crippen molar-refractivity contribution in [2.75, 3.05) is 5.33 Å². The maximum atomic E-state index is 6.08. The van der Waals surface area contributed by atoms with Gasteiger partial charge in [0.05, 0.1) is 6.10 Å². The summed E-state index contributed by atoms with van der Waals surface area (Å²) in [5.74, 6) is 1.92. The van der Waals surface area contributed by atoms with Gasteiger partial charge in [-0.05, 0) is 45.2 Å². The number of aryl methyl sites for hydroxylation is 1. The highest BCUT2D eigenvalue weighted by Crippen LogP contribution is 2.38. The molecule has 0 amide bonds. The van der Waals surface area contributed by atoms with Crippen LogP contribution in [0, 0.1) is 6.92 Å². The van der Waals surface area contributed by atoms with Crippen molar-refractivity contribution >= 4 is 15.9 Å². The van der Waals surface area contributed by atoms with Crippen LogP contribution >= 0.6 is 15.9 Å². The fourth-order valence-electron chi connectivity index (χ4n) is 2.16. The van der Waals surface area contributed by atoms with Crippen LogP contribution in [0.4, 0.5) is 0 Å². The number of alkyl halides is 1. The molecule has 0 aromatic carbocycles. The van der Waals surface area contributed by atoms with Crippen LogP contribution in [-0.2, 0) is 10.3 Å². The van der Waals surface area contributed by atoms with E-state index in [-0.39, 0.29) is 5.60 Å². The zero-order chi connectivity index (χ0) is 10.9. The lowest BCUT2D eigenvalue weighted by Crippen LogP contribution is -2.36. The van der Waals surface area contributed by atoms with Crippen molar-refractivity contribution in [1.82, 2.24) is 0 Å². The summed E-state index contributed by atoms with van der Waals surface area (Å²) in [4.78, 5) is 0. The molecule has 84 valence electrons. The lowest BCUT2D eigenvalue weighted by molar-refractivity contribution is -0.124. The van der Waals surface area contributed by atoms with Crippen LogP contribution < -0.4 is 0 Å². The molecule has 0 radical (unpaired) electrons. The van der Waals surface area contributed by atoms with Gasteiger partial charge in [0.1, 0.15) is 17.1 Å². The summed E-state index contributed by atoms with van der Waals surface area (Å²) in [6.45, 7) is 4.09. The second kappa shape index (κ2) is 4.30. The zero-order valence-electron chi connectivity index (χ0n) is 9.25. The molecule has 2 nitrogen and oxygen atoms in total. The summed E-state index contributed by atoms with van der Waals surface area (Å²) >= 11 is 3.48. The Labute approximate surface area is 99.1 Å². The van der Waals surface area contributed by atoms with E-state index in [4.69, 9.17) is 9.15 Å². The van der Waals surface area contributed by atoms with E-state index in [2.05, 4.69) is 22.9 Å². The molecule has 1 aliphatic rings. The Hall–Kier alpha value is -0.280. The molecule has 2 rings (SSSR count). The van der Waals surface area contributed by atoms with E-state index in [1.165, 1.54) is 6.42 Å². The predicted molar refractivity (Wildman–Crippen MR) is 63.3 cm³/mol. The Morgan fingerprint density at radius 3 is 2.93 bits per heavy atom. The normalized spacial score (nSPS) is 31.8. The highest BCUT2D eigenvalue weighted by molar-refractivity contribution is 9.09. The molecule has 0 N–H and O–H groups in total. The second-order valence-electron chi connectivity index (χ2n) is 4.43. The van der Waals surface area contributed by atoms with Gasteiger partial charge in [0.15, 0.2) is 0 Å². The third-order valence-corrected chi connectivity index (χ3v) is 3.76. The minimum atomic E-state index is -0.231. The summed E-state index contributed by atoms with van der Waals surface area (Å²) in [6, 6.07) is 4.04. The van der Waals surface area contributed by atoms with Gasteiger partial charge >= 0.3 is 0 Å². The van der Waals surface area contributed by atoms with Crippen LogP contribution in [-0.4, -0.2) is 11.4 Å². The minimum absolute atomic E-state index is 0.231. The van der Waals surface area contributed by atoms with Gasteiger partial charge in [0.25, 0.3) is 0 Å². The van der Waals surface area contributed by atoms with Crippen molar-refractivity contribution in [2.24, 2.45) is 0 Å². The Morgan fingerprint density at radius 1 is 1.53 bits per heavy atom. The van der Waals surface area contributed by atoms with Crippen molar-refractivity contribution in [2.45, 2.75) is 44.8 Å². The maximum absolute atomic E-state index is 6.08. The van der Waals surface area contributed by atoms with E-state index >= 15 is 0 Å². The molecule has 1 saturated heterocycles. The first-order valence-corrected chi connectivity index (χ1v) is 6.57. The van der Waals surface area contributed by atoms with E-state index in [9.17, 15) is 0 Å². The number of hydrogen-bond acceptors (Lipinski definition) is 2. The van der Waals surface area contributed by atoms with E-state index in [0.717, 1.165) is 29.7 Å². The molecular formula is C12H17BrO2. The number of hydrogen-bond donors (Lipinski definition) is 0.